The minimum Gasteiger partial charge on any atom is -0.467 e. The van der Waals surface area contributed by atoms with Crippen LogP contribution in [0, 0.1) is 0 Å². The van der Waals surface area contributed by atoms with Crippen molar-refractivity contribution in [3.63, 3.8) is 0 Å². The lowest BCUT2D eigenvalue weighted by atomic mass is 9.92. The first kappa shape index (κ1) is 25.2. The highest BCUT2D eigenvalue weighted by Crippen LogP contribution is 2.35. The molecule has 0 bridgehead atoms. The van der Waals surface area contributed by atoms with Gasteiger partial charge in [-0.15, -0.1) is 0 Å². The minimum atomic E-state index is -1.20. The molecule has 11 nitrogen and oxygen atoms in total. The maximum absolute atomic E-state index is 13.3. The molecule has 0 spiro atoms. The Morgan fingerprint density at radius 1 is 0.846 bits per heavy atom. The van der Waals surface area contributed by atoms with Crippen molar-refractivity contribution in [3.8, 4) is 0 Å². The van der Waals surface area contributed by atoms with Gasteiger partial charge in [0.05, 0.1) is 7.11 Å². The molecule has 0 unspecified atom stereocenters. The number of H-pyrrole nitrogens is 1. The predicted molar refractivity (Wildman–Crippen MR) is 147 cm³/mol. The molecular weight excluding hydrogens is 500 g/mol. The number of nitrogens with two attached hydrogens (primary N) is 2. The Kier molecular flexibility index (Phi) is 6.55. The summed E-state index contributed by atoms with van der Waals surface area (Å²) in [5.74, 6) is -3.07. The summed E-state index contributed by atoms with van der Waals surface area (Å²) in [6.45, 7) is -0.236. The molecule has 1 heterocycles. The molecule has 4 aromatic carbocycles. The summed E-state index contributed by atoms with van der Waals surface area (Å²) in [5, 5.41) is 11.2. The molecule has 0 aliphatic rings. The highest BCUT2D eigenvalue weighted by atomic mass is 16.5. The van der Waals surface area contributed by atoms with Crippen LogP contribution in [0.15, 0.2) is 71.7 Å². The van der Waals surface area contributed by atoms with Gasteiger partial charge in [0.1, 0.15) is 17.4 Å². The lowest BCUT2D eigenvalue weighted by molar-refractivity contribution is -0.142. The van der Waals surface area contributed by atoms with Crippen molar-refractivity contribution in [1.82, 2.24) is 15.6 Å². The van der Waals surface area contributed by atoms with E-state index in [1.807, 2.05) is 42.5 Å². The summed E-state index contributed by atoms with van der Waals surface area (Å²) >= 11 is 0. The monoisotopic (exact) mass is 524 g/mol. The van der Waals surface area contributed by atoms with Gasteiger partial charge in [0.25, 0.3) is 17.7 Å². The topological polar surface area (TPSA) is 182 Å². The molecule has 0 radical (unpaired) electrons. The van der Waals surface area contributed by atoms with Gasteiger partial charge in [-0.25, -0.2) is 4.79 Å². The molecule has 5 aromatic rings. The minimum absolute atomic E-state index is 0.0175. The number of aromatic nitrogens is 1. The number of ether oxygens (including phenoxy) is 1. The number of aliphatic imine (C=N–C) groups is 1. The zero-order valence-electron chi connectivity index (χ0n) is 20.8. The standard InChI is InChI=1S/C28H24N6O5/c1-39-27(38)21(33-25(36)19-11-12-20(32-19)26(37)34-28(29)30)13-31-24(35)18-10-8-16-6-5-14-3-2-4-15-7-9-17(18)23(16)22(14)15/h2-12,21,32H,13H2,1H3,(H,31,35)(H,33,36)(H4,29,30,34,37)/t21-/m0/s1. The summed E-state index contributed by atoms with van der Waals surface area (Å²) in [6.07, 6.45) is 0. The molecule has 0 fully saturated rings. The predicted octanol–water partition coefficient (Wildman–Crippen LogP) is 2.03. The number of carbonyl (C=O) groups is 4. The van der Waals surface area contributed by atoms with E-state index in [1.54, 1.807) is 6.07 Å². The number of rotatable bonds is 7. The Labute approximate surface area is 221 Å². The molecular formula is C28H24N6O5. The van der Waals surface area contributed by atoms with Gasteiger partial charge in [-0.2, -0.15) is 4.99 Å². The molecule has 39 heavy (non-hydrogen) atoms. The third kappa shape index (κ3) is 4.80. The van der Waals surface area contributed by atoms with Crippen molar-refractivity contribution in [3.05, 3.63) is 83.7 Å². The van der Waals surface area contributed by atoms with Crippen LogP contribution in [0.4, 0.5) is 0 Å². The van der Waals surface area contributed by atoms with Crippen LogP contribution in [0.3, 0.4) is 0 Å². The van der Waals surface area contributed by atoms with Gasteiger partial charge in [0.2, 0.25) is 0 Å². The van der Waals surface area contributed by atoms with Gasteiger partial charge in [-0.1, -0.05) is 48.5 Å². The second kappa shape index (κ2) is 10.1. The SMILES string of the molecule is COC(=O)[C@H](CNC(=O)c1ccc2ccc3cccc4ccc1c2c34)NC(=O)c1ccc(C(=O)N=C(N)N)[nH]1. The average Bonchev–Trinajstić information content (AvgIpc) is 3.44. The Balaban J connectivity index is 1.35. The van der Waals surface area contributed by atoms with Gasteiger partial charge < -0.3 is 31.8 Å². The number of aromatic amines is 1. The number of hydrogen-bond donors (Lipinski definition) is 5. The Bertz CT molecular complexity index is 1770. The Morgan fingerprint density at radius 2 is 1.49 bits per heavy atom. The number of nitrogens with zero attached hydrogens (tertiary/aromatic N) is 1. The van der Waals surface area contributed by atoms with Gasteiger partial charge in [-0.05, 0) is 50.5 Å². The second-order valence-electron chi connectivity index (χ2n) is 8.86. The van der Waals surface area contributed by atoms with E-state index in [4.69, 9.17) is 16.2 Å². The highest BCUT2D eigenvalue weighted by Gasteiger charge is 2.25. The van der Waals surface area contributed by atoms with E-state index >= 15 is 0 Å². The van der Waals surface area contributed by atoms with Crippen LogP contribution < -0.4 is 22.1 Å². The number of esters is 1. The fraction of sp³-hybridized carbons (Fsp3) is 0.107. The van der Waals surface area contributed by atoms with Crippen molar-refractivity contribution >= 4 is 62.0 Å². The number of nitrogens with one attached hydrogen (secondary N) is 3. The Morgan fingerprint density at radius 3 is 2.18 bits per heavy atom. The first-order chi connectivity index (χ1) is 18.8. The molecule has 5 rings (SSSR count). The Hall–Kier alpha value is -5.45. The summed E-state index contributed by atoms with van der Waals surface area (Å²) < 4.78 is 4.81. The van der Waals surface area contributed by atoms with Crippen LogP contribution in [0.25, 0.3) is 32.3 Å². The van der Waals surface area contributed by atoms with E-state index in [0.29, 0.717) is 5.56 Å². The molecule has 0 aliphatic heterocycles. The number of guanidine groups is 1. The maximum atomic E-state index is 13.3. The van der Waals surface area contributed by atoms with Crippen molar-refractivity contribution in [2.75, 3.05) is 13.7 Å². The molecule has 3 amide bonds. The summed E-state index contributed by atoms with van der Waals surface area (Å²) in [6, 6.07) is 19.1. The van der Waals surface area contributed by atoms with Crippen molar-refractivity contribution in [2.24, 2.45) is 16.5 Å². The van der Waals surface area contributed by atoms with Crippen LogP contribution in [0.2, 0.25) is 0 Å². The van der Waals surface area contributed by atoms with Crippen LogP contribution in [-0.2, 0) is 9.53 Å². The summed E-state index contributed by atoms with van der Waals surface area (Å²) in [4.78, 5) is 56.4. The summed E-state index contributed by atoms with van der Waals surface area (Å²) in [7, 11) is 1.17. The number of carbonyl (C=O) groups excluding carboxylic acids is 4. The first-order valence-electron chi connectivity index (χ1n) is 11.9. The third-order valence-electron chi connectivity index (χ3n) is 6.42. The van der Waals surface area contributed by atoms with E-state index in [-0.39, 0.29) is 17.9 Å². The molecule has 7 N–H and O–H groups in total. The van der Waals surface area contributed by atoms with Crippen molar-refractivity contribution < 1.29 is 23.9 Å². The lowest BCUT2D eigenvalue weighted by Crippen LogP contribution is -2.49. The van der Waals surface area contributed by atoms with E-state index in [0.717, 1.165) is 32.3 Å². The average molecular weight is 525 g/mol. The molecule has 196 valence electrons. The van der Waals surface area contributed by atoms with Gasteiger partial charge in [-0.3, -0.25) is 14.4 Å². The van der Waals surface area contributed by atoms with Gasteiger partial charge in [0, 0.05) is 12.1 Å². The van der Waals surface area contributed by atoms with Crippen molar-refractivity contribution in [1.29, 1.82) is 0 Å². The first-order valence-corrected chi connectivity index (χ1v) is 11.9. The third-order valence-corrected chi connectivity index (χ3v) is 6.42. The highest BCUT2D eigenvalue weighted by molar-refractivity contribution is 6.26. The van der Waals surface area contributed by atoms with Crippen LogP contribution in [0.5, 0.6) is 0 Å². The molecule has 0 aliphatic carbocycles. The largest absolute Gasteiger partial charge is 0.467 e. The summed E-state index contributed by atoms with van der Waals surface area (Å²) in [5.41, 5.74) is 10.8. The molecule has 0 saturated heterocycles. The van der Waals surface area contributed by atoms with Gasteiger partial charge >= 0.3 is 5.97 Å². The number of hydrogen-bond acceptors (Lipinski definition) is 5. The number of amides is 3. The van der Waals surface area contributed by atoms with Crippen molar-refractivity contribution in [2.45, 2.75) is 6.04 Å². The fourth-order valence-electron chi connectivity index (χ4n) is 4.62. The van der Waals surface area contributed by atoms with Crippen LogP contribution >= 0.6 is 0 Å². The zero-order valence-corrected chi connectivity index (χ0v) is 20.8. The number of benzene rings is 4. The maximum Gasteiger partial charge on any atom is 0.330 e. The lowest BCUT2D eigenvalue weighted by Gasteiger charge is -2.18. The van der Waals surface area contributed by atoms with E-state index in [1.165, 1.54) is 19.2 Å². The molecule has 11 heteroatoms. The zero-order chi connectivity index (χ0) is 27.7. The quantitative estimate of drug-likeness (QED) is 0.0934. The van der Waals surface area contributed by atoms with Gasteiger partial charge in [0.15, 0.2) is 5.96 Å². The number of methoxy groups -OCH3 is 1. The van der Waals surface area contributed by atoms with E-state index < -0.39 is 35.7 Å². The van der Waals surface area contributed by atoms with Crippen LogP contribution in [0.1, 0.15) is 31.3 Å². The van der Waals surface area contributed by atoms with E-state index in [9.17, 15) is 19.2 Å². The van der Waals surface area contributed by atoms with Crippen LogP contribution in [-0.4, -0.2) is 54.3 Å². The fourth-order valence-corrected chi connectivity index (χ4v) is 4.62. The smallest absolute Gasteiger partial charge is 0.330 e. The van der Waals surface area contributed by atoms with E-state index in [2.05, 4.69) is 26.7 Å². The normalized spacial score (nSPS) is 11.8. The molecule has 1 atom stereocenters. The second-order valence-corrected chi connectivity index (χ2v) is 8.86. The molecule has 0 saturated carbocycles. The molecule has 1 aromatic heterocycles.